The molecule has 0 fully saturated rings. The van der Waals surface area contributed by atoms with Crippen LogP contribution in [0.5, 0.6) is 0 Å². The predicted molar refractivity (Wildman–Crippen MR) is 109 cm³/mol. The highest BCUT2D eigenvalue weighted by Crippen LogP contribution is 2.04. The van der Waals surface area contributed by atoms with E-state index in [9.17, 15) is 0 Å². The predicted octanol–water partition coefficient (Wildman–Crippen LogP) is -7.24. The van der Waals surface area contributed by atoms with Crippen LogP contribution in [0.3, 0.4) is 0 Å². The normalized spacial score (nSPS) is 9.11. The average molecular weight is 205 g/mol. The van der Waals surface area contributed by atoms with Crippen LogP contribution in [0.15, 0.2) is 0 Å². The Balaban J connectivity index is 5.50. The molecule has 0 amide bonds. The summed E-state index contributed by atoms with van der Waals surface area (Å²) < 4.78 is 0. The van der Waals surface area contributed by atoms with Crippen LogP contribution >= 0.6 is 0 Å². The maximum atomic E-state index is 5.95. The van der Waals surface area contributed by atoms with Crippen molar-refractivity contribution < 1.29 is 0 Å². The van der Waals surface area contributed by atoms with Gasteiger partial charge in [0.25, 0.3) is 0 Å². The highest BCUT2D eigenvalue weighted by Gasteiger charge is 2.41. The molecule has 0 saturated carbocycles. The van der Waals surface area contributed by atoms with E-state index in [2.05, 4.69) is 0 Å². The maximum absolute atomic E-state index is 5.95. The molecule has 0 unspecified atom stereocenters. The lowest BCUT2D eigenvalue weighted by atomic mass is 8.40. The lowest BCUT2D eigenvalue weighted by Gasteiger charge is -2.43. The Hall–Kier alpha value is 1.23. The van der Waals surface area contributed by atoms with Crippen molar-refractivity contribution in [2.75, 3.05) is 0 Å². The third-order valence-corrected chi connectivity index (χ3v) is 3.33. The summed E-state index contributed by atoms with van der Waals surface area (Å²) in [6.07, 6.45) is -5.72. The Kier molecular flexibility index (Phi) is 9.90. The molecular formula is B19-. The summed E-state index contributed by atoms with van der Waals surface area (Å²) >= 11 is 0. The van der Waals surface area contributed by atoms with Crippen molar-refractivity contribution in [1.82, 2.24) is 0 Å². The molecular weight excluding hydrogens is 205 g/mol. The van der Waals surface area contributed by atoms with E-state index in [-0.39, 0.29) is 0 Å². The molecule has 0 aromatic carbocycles. The molecule has 0 atom stereocenters. The van der Waals surface area contributed by atoms with Crippen LogP contribution in [0, 0.1) is 0 Å². The fourth-order valence-electron chi connectivity index (χ4n) is 2.44. The third-order valence-electron chi connectivity index (χ3n) is 3.33. The van der Waals surface area contributed by atoms with Gasteiger partial charge >= 0.3 is 0 Å². The van der Waals surface area contributed by atoms with Crippen molar-refractivity contribution >= 4 is 136 Å². The van der Waals surface area contributed by atoms with Crippen LogP contribution in [0.2, 0.25) is 0 Å². The molecule has 0 heterocycles. The van der Waals surface area contributed by atoms with Gasteiger partial charge < -0.3 is 7.74 Å². The quantitative estimate of drug-likeness (QED) is 0.346. The van der Waals surface area contributed by atoms with Gasteiger partial charge in [0.15, 0.2) is 0 Å². The minimum Gasteiger partial charge on any atom is -0.690 e. The molecule has 19 heteroatoms. The Labute approximate surface area is 135 Å². The summed E-state index contributed by atoms with van der Waals surface area (Å²) in [5, 5.41) is 0. The van der Waals surface area contributed by atoms with Gasteiger partial charge in [-0.25, -0.2) is 0 Å². The first kappa shape index (κ1) is 20.2. The molecule has 0 nitrogen and oxygen atoms in total. The van der Waals surface area contributed by atoms with E-state index < -0.39 is 51.1 Å². The molecule has 0 aliphatic carbocycles. The Morgan fingerprint density at radius 3 is 0.947 bits per heavy atom. The maximum Gasteiger partial charge on any atom is -0.0000000127 e. The van der Waals surface area contributed by atoms with Crippen molar-refractivity contribution in [3.8, 4) is 0 Å². The van der Waals surface area contributed by atoms with Crippen molar-refractivity contribution in [2.24, 2.45) is 0 Å². The Morgan fingerprint density at radius 1 is 0.526 bits per heavy atom. The van der Waals surface area contributed by atoms with E-state index in [0.29, 0.717) is 0 Å². The minimum absolute atomic E-state index is 0.537. The molecule has 19 heavy (non-hydrogen) atoms. The van der Waals surface area contributed by atoms with Crippen LogP contribution in [0.4, 0.5) is 0 Å². The largest absolute Gasteiger partial charge is 0.690 e. The van der Waals surface area contributed by atoms with Gasteiger partial charge in [0, 0.05) is 0 Å². The van der Waals surface area contributed by atoms with Gasteiger partial charge in [-0.3, -0.25) is 7.06 Å². The van der Waals surface area contributed by atoms with Gasteiger partial charge in [-0.2, -0.15) is 0 Å². The second-order valence-corrected chi connectivity index (χ2v) is 4.81. The molecule has 0 aliphatic rings. The average Bonchev–Trinajstić information content (AvgIpc) is 2.24. The first-order valence-electron chi connectivity index (χ1n) is 6.00. The second-order valence-electron chi connectivity index (χ2n) is 4.81. The van der Waals surface area contributed by atoms with Crippen molar-refractivity contribution in [1.29, 1.82) is 0 Å². The molecule has 0 rings (SSSR count). The van der Waals surface area contributed by atoms with Crippen LogP contribution in [0.1, 0.15) is 0 Å². The molecule has 0 aliphatic heterocycles. The lowest BCUT2D eigenvalue weighted by molar-refractivity contribution is 3.34. The molecule has 0 aromatic heterocycles. The summed E-state index contributed by atoms with van der Waals surface area (Å²) in [7, 11) is 58.4. The summed E-state index contributed by atoms with van der Waals surface area (Å²) in [5.41, 5.74) is 0. The molecule has 58 valence electrons. The fourth-order valence-corrected chi connectivity index (χ4v) is 2.44. The van der Waals surface area contributed by atoms with E-state index in [1.807, 2.05) is 0 Å². The first-order valence-corrected chi connectivity index (χ1v) is 6.00. The molecule has 0 spiro atoms. The van der Waals surface area contributed by atoms with Crippen LogP contribution in [-0.2, 0) is 0 Å². The van der Waals surface area contributed by atoms with Gasteiger partial charge in [0.05, 0.1) is 0 Å². The molecule has 22 radical (unpaired) electrons. The van der Waals surface area contributed by atoms with Gasteiger partial charge in [-0.05, 0) is 121 Å². The van der Waals surface area contributed by atoms with E-state index in [1.165, 1.54) is 7.06 Å². The number of hydrogen-bond donors (Lipinski definition) is 0. The lowest BCUT2D eigenvalue weighted by Crippen LogP contribution is -2.79. The molecule has 0 N–H and O–H groups in total. The van der Waals surface area contributed by atoms with Crippen molar-refractivity contribution in [3.05, 3.63) is 0 Å². The van der Waals surface area contributed by atoms with Crippen LogP contribution < -0.4 is 0 Å². The number of rotatable bonds is 8. The Morgan fingerprint density at radius 2 is 0.789 bits per heavy atom. The zero-order valence-electron chi connectivity index (χ0n) is 11.0. The molecule has 0 aromatic rings. The standard InChI is InChI=1S/B19/c1-11-16(10)19(17(12(2)3)13(4)5)18(14(6)7)15(8)9/q-1. The first-order chi connectivity index (χ1) is 8.64. The van der Waals surface area contributed by atoms with Gasteiger partial charge in [0.1, 0.15) is 0 Å². The van der Waals surface area contributed by atoms with E-state index in [1.54, 1.807) is 0 Å². The molecule has 0 saturated heterocycles. The van der Waals surface area contributed by atoms with Crippen molar-refractivity contribution in [3.63, 3.8) is 0 Å². The smallest absolute Gasteiger partial charge is 0.0000000127 e. The highest BCUT2D eigenvalue weighted by molar-refractivity contribution is 8.18. The van der Waals surface area contributed by atoms with Crippen LogP contribution in [0.25, 0.3) is 0 Å². The van der Waals surface area contributed by atoms with Gasteiger partial charge in [0.2, 0.25) is 0 Å². The topological polar surface area (TPSA) is 0 Å². The zero-order valence-corrected chi connectivity index (χ0v) is 11.0. The minimum atomic E-state index is -0.837. The van der Waals surface area contributed by atoms with Gasteiger partial charge in [-0.1, -0.05) is 0 Å². The Bertz CT molecular complexity index is 188. The van der Waals surface area contributed by atoms with E-state index in [0.717, 1.165) is 0 Å². The molecule has 0 bridgehead atoms. The summed E-state index contributed by atoms with van der Waals surface area (Å²) in [4.78, 5) is 0. The van der Waals surface area contributed by atoms with E-state index >= 15 is 0 Å². The van der Waals surface area contributed by atoms with Gasteiger partial charge in [-0.15, -0.1) is 0 Å². The van der Waals surface area contributed by atoms with Crippen molar-refractivity contribution in [2.45, 2.75) is 0 Å². The summed E-state index contributed by atoms with van der Waals surface area (Å²) in [5.74, 6) is 0. The summed E-state index contributed by atoms with van der Waals surface area (Å²) in [6.45, 7) is 0. The fraction of sp³-hybridized carbons (Fsp3) is 0. The van der Waals surface area contributed by atoms with E-state index in [4.69, 9.17) is 77.4 Å². The number of hydrogen-bond acceptors (Lipinski definition) is 0. The second kappa shape index (κ2) is 9.29. The monoisotopic (exact) mass is 209 g/mol. The zero-order chi connectivity index (χ0) is 15.3. The third kappa shape index (κ3) is 5.86. The van der Waals surface area contributed by atoms with Crippen LogP contribution in [-0.4, -0.2) is 136 Å². The summed E-state index contributed by atoms with van der Waals surface area (Å²) in [6, 6.07) is 0. The SMILES string of the molecule is [B]B([B])B(B([B])[B])B(B([B])[B][B-])B(B([B])[B])B([B])[B]. The highest BCUT2D eigenvalue weighted by atomic mass is 13.2.